The highest BCUT2D eigenvalue weighted by Gasteiger charge is 2.22. The van der Waals surface area contributed by atoms with E-state index in [1.165, 1.54) is 11.8 Å². The molecule has 1 aromatic heterocycles. The van der Waals surface area contributed by atoms with Crippen LogP contribution in [-0.2, 0) is 11.3 Å². The van der Waals surface area contributed by atoms with E-state index in [2.05, 4.69) is 28.2 Å². The highest BCUT2D eigenvalue weighted by Crippen LogP contribution is 2.30. The van der Waals surface area contributed by atoms with Gasteiger partial charge in [0.2, 0.25) is 0 Å². The van der Waals surface area contributed by atoms with Crippen LogP contribution in [0, 0.1) is 0 Å². The van der Waals surface area contributed by atoms with Gasteiger partial charge >= 0.3 is 0 Å². The van der Waals surface area contributed by atoms with Crippen LogP contribution in [0.15, 0.2) is 59.6 Å². The molecule has 1 aliphatic heterocycles. The fraction of sp³-hybridized carbons (Fsp3) is 0.0526. The summed E-state index contributed by atoms with van der Waals surface area (Å²) in [7, 11) is 0. The Kier molecular flexibility index (Phi) is 4.37. The van der Waals surface area contributed by atoms with Crippen molar-refractivity contribution in [1.29, 1.82) is 0 Å². The van der Waals surface area contributed by atoms with E-state index in [1.807, 2.05) is 42.5 Å². The Balaban J connectivity index is 1.79. The van der Waals surface area contributed by atoms with Gasteiger partial charge in [0.25, 0.3) is 5.91 Å². The summed E-state index contributed by atoms with van der Waals surface area (Å²) in [6.07, 6.45) is 3.95. The molecule has 0 unspecified atom stereocenters. The van der Waals surface area contributed by atoms with E-state index < -0.39 is 0 Å². The van der Waals surface area contributed by atoms with E-state index in [-0.39, 0.29) is 5.91 Å². The molecule has 0 bridgehead atoms. The second-order valence-electron chi connectivity index (χ2n) is 5.67. The Morgan fingerprint density at radius 3 is 2.68 bits per heavy atom. The lowest BCUT2D eigenvalue weighted by atomic mass is 10.1. The summed E-state index contributed by atoms with van der Waals surface area (Å²) >= 11 is 12.7. The third kappa shape index (κ3) is 3.23. The number of hydrogen-bond donors (Lipinski definition) is 1. The van der Waals surface area contributed by atoms with Crippen LogP contribution in [0.1, 0.15) is 11.1 Å². The molecule has 0 saturated carbocycles. The van der Waals surface area contributed by atoms with Crippen molar-refractivity contribution in [1.82, 2.24) is 9.88 Å². The molecule has 0 radical (unpaired) electrons. The standard InChI is InChI=1S/C19H13ClN2OS2/c20-15-7-3-1-5-12(15)10-22-11-13(14-6-2-4-8-16(14)22)9-17-18(23)21-19(24)25-17/h1-9,11H,10H2,(H,21,23,24). The number of fused-ring (bicyclic) bond motifs is 1. The molecule has 0 spiro atoms. The van der Waals surface area contributed by atoms with Crippen molar-refractivity contribution in [2.24, 2.45) is 0 Å². The second kappa shape index (κ2) is 6.67. The minimum Gasteiger partial charge on any atom is -0.342 e. The lowest BCUT2D eigenvalue weighted by Gasteiger charge is -2.07. The van der Waals surface area contributed by atoms with E-state index in [0.29, 0.717) is 15.8 Å². The van der Waals surface area contributed by atoms with Crippen LogP contribution in [0.5, 0.6) is 0 Å². The topological polar surface area (TPSA) is 34.0 Å². The maximum atomic E-state index is 12.0. The zero-order valence-corrected chi connectivity index (χ0v) is 15.4. The van der Waals surface area contributed by atoms with Crippen molar-refractivity contribution >= 4 is 62.8 Å². The summed E-state index contributed by atoms with van der Waals surface area (Å²) in [5.41, 5.74) is 3.14. The molecule has 2 aromatic carbocycles. The fourth-order valence-electron chi connectivity index (χ4n) is 2.89. The second-order valence-corrected chi connectivity index (χ2v) is 7.80. The van der Waals surface area contributed by atoms with E-state index in [4.69, 9.17) is 23.8 Å². The molecule has 1 N–H and O–H groups in total. The van der Waals surface area contributed by atoms with Crippen molar-refractivity contribution in [2.45, 2.75) is 6.54 Å². The first-order valence-corrected chi connectivity index (χ1v) is 9.28. The molecule has 124 valence electrons. The number of thioether (sulfide) groups is 1. The van der Waals surface area contributed by atoms with Gasteiger partial charge in [0.1, 0.15) is 4.32 Å². The largest absolute Gasteiger partial charge is 0.342 e. The molecule has 2 heterocycles. The smallest absolute Gasteiger partial charge is 0.263 e. The van der Waals surface area contributed by atoms with Crippen LogP contribution in [-0.4, -0.2) is 14.8 Å². The Morgan fingerprint density at radius 1 is 1.16 bits per heavy atom. The van der Waals surface area contributed by atoms with Gasteiger partial charge < -0.3 is 9.88 Å². The summed E-state index contributed by atoms with van der Waals surface area (Å²) in [5, 5.41) is 4.49. The first-order chi connectivity index (χ1) is 12.1. The quantitative estimate of drug-likeness (QED) is 0.518. The van der Waals surface area contributed by atoms with Gasteiger partial charge in [-0.2, -0.15) is 0 Å². The lowest BCUT2D eigenvalue weighted by molar-refractivity contribution is -0.115. The molecular weight excluding hydrogens is 372 g/mol. The normalized spacial score (nSPS) is 16.0. The molecule has 1 amide bonds. The van der Waals surface area contributed by atoms with Gasteiger partial charge in [-0.1, -0.05) is 72.0 Å². The molecule has 3 aromatic rings. The molecule has 3 nitrogen and oxygen atoms in total. The van der Waals surface area contributed by atoms with Gasteiger partial charge in [-0.25, -0.2) is 0 Å². The van der Waals surface area contributed by atoms with Crippen LogP contribution < -0.4 is 5.32 Å². The molecule has 0 aliphatic carbocycles. The number of carbonyl (C=O) groups excluding carboxylic acids is 1. The number of carbonyl (C=O) groups is 1. The van der Waals surface area contributed by atoms with Crippen molar-refractivity contribution in [3.8, 4) is 0 Å². The number of hydrogen-bond acceptors (Lipinski definition) is 3. The predicted octanol–water partition coefficient (Wildman–Crippen LogP) is 4.83. The van der Waals surface area contributed by atoms with Crippen LogP contribution in [0.2, 0.25) is 5.02 Å². The maximum absolute atomic E-state index is 12.0. The van der Waals surface area contributed by atoms with Crippen LogP contribution in [0.25, 0.3) is 17.0 Å². The summed E-state index contributed by atoms with van der Waals surface area (Å²) in [6, 6.07) is 16.0. The third-order valence-electron chi connectivity index (χ3n) is 4.05. The highest BCUT2D eigenvalue weighted by molar-refractivity contribution is 8.26. The van der Waals surface area contributed by atoms with Gasteiger partial charge in [0, 0.05) is 34.2 Å². The summed E-state index contributed by atoms with van der Waals surface area (Å²) in [6.45, 7) is 0.668. The number of amides is 1. The van der Waals surface area contributed by atoms with Gasteiger partial charge in [0.05, 0.1) is 4.91 Å². The number of para-hydroxylation sites is 1. The number of nitrogens with zero attached hydrogens (tertiary/aromatic N) is 1. The van der Waals surface area contributed by atoms with E-state index >= 15 is 0 Å². The Labute approximate surface area is 159 Å². The monoisotopic (exact) mass is 384 g/mol. The van der Waals surface area contributed by atoms with Crippen molar-refractivity contribution in [3.63, 3.8) is 0 Å². The van der Waals surface area contributed by atoms with E-state index in [0.717, 1.165) is 27.1 Å². The predicted molar refractivity (Wildman–Crippen MR) is 109 cm³/mol. The Morgan fingerprint density at radius 2 is 1.92 bits per heavy atom. The molecule has 1 fully saturated rings. The minimum absolute atomic E-state index is 0.141. The first-order valence-electron chi connectivity index (χ1n) is 7.68. The average molecular weight is 385 g/mol. The Bertz CT molecular complexity index is 1040. The van der Waals surface area contributed by atoms with Gasteiger partial charge in [0.15, 0.2) is 0 Å². The van der Waals surface area contributed by atoms with Crippen LogP contribution >= 0.6 is 35.6 Å². The molecular formula is C19H13ClN2OS2. The van der Waals surface area contributed by atoms with Crippen molar-refractivity contribution in [3.05, 3.63) is 75.8 Å². The molecule has 0 atom stereocenters. The highest BCUT2D eigenvalue weighted by atomic mass is 35.5. The molecule has 6 heteroatoms. The van der Waals surface area contributed by atoms with Gasteiger partial charge in [-0.3, -0.25) is 4.79 Å². The number of benzene rings is 2. The minimum atomic E-state index is -0.141. The van der Waals surface area contributed by atoms with Crippen LogP contribution in [0.4, 0.5) is 0 Å². The molecule has 1 aliphatic rings. The number of halogens is 1. The first kappa shape index (κ1) is 16.4. The van der Waals surface area contributed by atoms with Crippen molar-refractivity contribution in [2.75, 3.05) is 0 Å². The summed E-state index contributed by atoms with van der Waals surface area (Å²) in [5.74, 6) is -0.141. The third-order valence-corrected chi connectivity index (χ3v) is 5.58. The zero-order chi connectivity index (χ0) is 17.4. The number of nitrogens with one attached hydrogen (secondary N) is 1. The Hall–Kier alpha value is -2.08. The summed E-state index contributed by atoms with van der Waals surface area (Å²) in [4.78, 5) is 12.6. The van der Waals surface area contributed by atoms with Gasteiger partial charge in [-0.15, -0.1) is 0 Å². The summed E-state index contributed by atoms with van der Waals surface area (Å²) < 4.78 is 2.65. The number of aromatic nitrogens is 1. The molecule has 4 rings (SSSR count). The lowest BCUT2D eigenvalue weighted by Crippen LogP contribution is -2.17. The van der Waals surface area contributed by atoms with E-state index in [1.54, 1.807) is 0 Å². The van der Waals surface area contributed by atoms with Crippen LogP contribution in [0.3, 0.4) is 0 Å². The number of rotatable bonds is 3. The fourth-order valence-corrected chi connectivity index (χ4v) is 4.12. The maximum Gasteiger partial charge on any atom is 0.263 e. The van der Waals surface area contributed by atoms with E-state index in [9.17, 15) is 4.79 Å². The average Bonchev–Trinajstić information content (AvgIpc) is 3.10. The number of thiocarbonyl (C=S) groups is 1. The SMILES string of the molecule is O=C1NC(=S)SC1=Cc1cn(Cc2ccccc2Cl)c2ccccc12. The molecule has 1 saturated heterocycles. The zero-order valence-electron chi connectivity index (χ0n) is 13.0. The molecule has 25 heavy (non-hydrogen) atoms. The van der Waals surface area contributed by atoms with Gasteiger partial charge in [-0.05, 0) is 23.8 Å². The van der Waals surface area contributed by atoms with Crippen molar-refractivity contribution < 1.29 is 4.79 Å².